The molecule has 6 nitrogen and oxygen atoms in total. The van der Waals surface area contributed by atoms with Crippen LogP contribution in [0, 0.1) is 0 Å². The predicted octanol–water partition coefficient (Wildman–Crippen LogP) is 4.11. The number of carbonyl (C=O) groups excluding carboxylic acids is 2. The third-order valence-electron chi connectivity index (χ3n) is 3.60. The van der Waals surface area contributed by atoms with Crippen molar-refractivity contribution >= 4 is 50.8 Å². The van der Waals surface area contributed by atoms with Crippen molar-refractivity contribution in [2.24, 2.45) is 0 Å². The number of carbonyl (C=O) groups is 2. The molecule has 0 unspecified atom stereocenters. The van der Waals surface area contributed by atoms with E-state index in [2.05, 4.69) is 31.9 Å². The molecule has 3 N–H and O–H groups in total. The molecule has 8 heteroatoms. The van der Waals surface area contributed by atoms with Gasteiger partial charge in [-0.05, 0) is 77.9 Å². The smallest absolute Gasteiger partial charge is 0.257 e. The van der Waals surface area contributed by atoms with E-state index in [1.165, 1.54) is 0 Å². The summed E-state index contributed by atoms with van der Waals surface area (Å²) in [5, 5.41) is 8.42. The van der Waals surface area contributed by atoms with Crippen LogP contribution in [-0.4, -0.2) is 30.1 Å². The maximum Gasteiger partial charge on any atom is 0.257 e. The van der Waals surface area contributed by atoms with Crippen molar-refractivity contribution in [2.45, 2.75) is 20.3 Å². The van der Waals surface area contributed by atoms with Gasteiger partial charge in [0, 0.05) is 23.4 Å². The summed E-state index contributed by atoms with van der Waals surface area (Å²) in [4.78, 5) is 24.3. The quantitative estimate of drug-likeness (QED) is 0.538. The van der Waals surface area contributed by atoms with E-state index in [9.17, 15) is 9.59 Å². The zero-order chi connectivity index (χ0) is 20.5. The molecule has 2 aromatic carbocycles. The highest BCUT2D eigenvalue weighted by Gasteiger charge is 2.12. The molecule has 2 aromatic rings. The zero-order valence-electron chi connectivity index (χ0n) is 15.7. The number of hydrogen-bond acceptors (Lipinski definition) is 4. The van der Waals surface area contributed by atoms with E-state index in [1.54, 1.807) is 42.5 Å². The van der Waals surface area contributed by atoms with E-state index >= 15 is 0 Å². The lowest BCUT2D eigenvalue weighted by Gasteiger charge is -2.12. The first-order valence-corrected chi connectivity index (χ1v) is 10.1. The topological polar surface area (TPSA) is 79.5 Å². The zero-order valence-corrected chi connectivity index (χ0v) is 18.1. The summed E-state index contributed by atoms with van der Waals surface area (Å²) < 4.78 is 6.28. The second kappa shape index (κ2) is 10.8. The maximum atomic E-state index is 12.4. The van der Waals surface area contributed by atoms with Crippen molar-refractivity contribution < 1.29 is 14.3 Å². The second-order valence-corrected chi connectivity index (χ2v) is 7.10. The summed E-state index contributed by atoms with van der Waals surface area (Å²) in [7, 11) is 0. The molecule has 0 aliphatic rings. The molecule has 2 rings (SSSR count). The van der Waals surface area contributed by atoms with Crippen LogP contribution >= 0.6 is 28.1 Å². The average molecular weight is 464 g/mol. The molecule has 0 aromatic heterocycles. The SMILES string of the molecule is CCCOc1ccc(C(=O)NC(=S)Nc2cccc(C(=O)NCC)c2)cc1Br. The number of benzene rings is 2. The summed E-state index contributed by atoms with van der Waals surface area (Å²) in [6.07, 6.45) is 0.899. The summed E-state index contributed by atoms with van der Waals surface area (Å²) in [6.45, 7) is 5.03. The molecule has 0 bridgehead atoms. The van der Waals surface area contributed by atoms with Gasteiger partial charge in [0.25, 0.3) is 11.8 Å². The molecule has 0 atom stereocenters. The van der Waals surface area contributed by atoms with Gasteiger partial charge in [0.1, 0.15) is 5.75 Å². The van der Waals surface area contributed by atoms with E-state index in [1.807, 2.05) is 13.8 Å². The van der Waals surface area contributed by atoms with Crippen molar-refractivity contribution in [1.29, 1.82) is 0 Å². The number of nitrogens with one attached hydrogen (secondary N) is 3. The second-order valence-electron chi connectivity index (χ2n) is 5.84. The first kappa shape index (κ1) is 21.8. The lowest BCUT2D eigenvalue weighted by Crippen LogP contribution is -2.34. The van der Waals surface area contributed by atoms with Gasteiger partial charge in [-0.15, -0.1) is 0 Å². The van der Waals surface area contributed by atoms with E-state index in [0.717, 1.165) is 6.42 Å². The average Bonchev–Trinajstić information content (AvgIpc) is 2.67. The van der Waals surface area contributed by atoms with Gasteiger partial charge >= 0.3 is 0 Å². The van der Waals surface area contributed by atoms with Gasteiger partial charge in [-0.3, -0.25) is 14.9 Å². The molecular formula is C20H22BrN3O3S. The fourth-order valence-electron chi connectivity index (χ4n) is 2.31. The van der Waals surface area contributed by atoms with Gasteiger partial charge in [0.05, 0.1) is 11.1 Å². The maximum absolute atomic E-state index is 12.4. The Balaban J connectivity index is 1.99. The minimum Gasteiger partial charge on any atom is -0.492 e. The Hall–Kier alpha value is -2.45. The molecule has 0 saturated carbocycles. The highest BCUT2D eigenvalue weighted by Crippen LogP contribution is 2.26. The lowest BCUT2D eigenvalue weighted by atomic mass is 10.2. The normalized spacial score (nSPS) is 10.1. The van der Waals surface area contributed by atoms with Crippen molar-refractivity contribution in [3.63, 3.8) is 0 Å². The van der Waals surface area contributed by atoms with Crippen LogP contribution in [0.2, 0.25) is 0 Å². The molecule has 2 amide bonds. The Morgan fingerprint density at radius 3 is 2.50 bits per heavy atom. The molecule has 0 spiro atoms. The Labute approximate surface area is 178 Å². The molecule has 0 aliphatic heterocycles. The number of ether oxygens (including phenoxy) is 1. The van der Waals surface area contributed by atoms with Crippen molar-refractivity contribution in [3.8, 4) is 5.75 Å². The van der Waals surface area contributed by atoms with E-state index < -0.39 is 0 Å². The Kier molecular flexibility index (Phi) is 8.41. The minimum atomic E-state index is -0.347. The highest BCUT2D eigenvalue weighted by molar-refractivity contribution is 9.10. The standard InChI is InChI=1S/C20H22BrN3O3S/c1-3-10-27-17-9-8-14(12-16(17)21)19(26)24-20(28)23-15-7-5-6-13(11-15)18(25)22-4-2/h5-9,11-12H,3-4,10H2,1-2H3,(H,22,25)(H2,23,24,26,28). The van der Waals surface area contributed by atoms with Crippen molar-refractivity contribution in [1.82, 2.24) is 10.6 Å². The van der Waals surface area contributed by atoms with Crippen LogP contribution in [-0.2, 0) is 0 Å². The third-order valence-corrected chi connectivity index (χ3v) is 4.43. The molecule has 0 radical (unpaired) electrons. The summed E-state index contributed by atoms with van der Waals surface area (Å²) in [6, 6.07) is 12.0. The number of halogens is 1. The van der Waals surface area contributed by atoms with Gasteiger partial charge in [-0.1, -0.05) is 13.0 Å². The monoisotopic (exact) mass is 463 g/mol. The van der Waals surface area contributed by atoms with Gasteiger partial charge in [0.2, 0.25) is 0 Å². The van der Waals surface area contributed by atoms with E-state index in [-0.39, 0.29) is 16.9 Å². The Morgan fingerprint density at radius 2 is 1.82 bits per heavy atom. The van der Waals surface area contributed by atoms with Gasteiger partial charge in [0.15, 0.2) is 5.11 Å². The number of hydrogen-bond donors (Lipinski definition) is 3. The first-order chi connectivity index (χ1) is 13.4. The van der Waals surface area contributed by atoms with Crippen LogP contribution in [0.15, 0.2) is 46.9 Å². The number of rotatable bonds is 7. The van der Waals surface area contributed by atoms with Gasteiger partial charge in [-0.25, -0.2) is 0 Å². The minimum absolute atomic E-state index is 0.139. The summed E-state index contributed by atoms with van der Waals surface area (Å²) in [5.74, 6) is 0.165. The number of anilines is 1. The van der Waals surface area contributed by atoms with Crippen molar-refractivity contribution in [3.05, 3.63) is 58.1 Å². The molecule has 148 valence electrons. The van der Waals surface area contributed by atoms with Crippen LogP contribution in [0.1, 0.15) is 41.0 Å². The molecular weight excluding hydrogens is 442 g/mol. The predicted molar refractivity (Wildman–Crippen MR) is 118 cm³/mol. The number of amides is 2. The highest BCUT2D eigenvalue weighted by atomic mass is 79.9. The lowest BCUT2D eigenvalue weighted by molar-refractivity contribution is 0.0953. The summed E-state index contributed by atoms with van der Waals surface area (Å²) in [5.41, 5.74) is 1.56. The van der Waals surface area contributed by atoms with Crippen molar-refractivity contribution in [2.75, 3.05) is 18.5 Å². The molecule has 0 heterocycles. The molecule has 0 saturated heterocycles. The van der Waals surface area contributed by atoms with Crippen LogP contribution in [0.5, 0.6) is 5.75 Å². The van der Waals surface area contributed by atoms with E-state index in [4.69, 9.17) is 17.0 Å². The third kappa shape index (κ3) is 6.31. The van der Waals surface area contributed by atoms with Crippen LogP contribution < -0.4 is 20.7 Å². The van der Waals surface area contributed by atoms with Crippen LogP contribution in [0.3, 0.4) is 0 Å². The Bertz CT molecular complexity index is 874. The van der Waals surface area contributed by atoms with E-state index in [0.29, 0.717) is 40.2 Å². The fourth-order valence-corrected chi connectivity index (χ4v) is 3.01. The largest absolute Gasteiger partial charge is 0.492 e. The van der Waals surface area contributed by atoms with Crippen LogP contribution in [0.25, 0.3) is 0 Å². The fraction of sp³-hybridized carbons (Fsp3) is 0.250. The number of thiocarbonyl (C=S) groups is 1. The van der Waals surface area contributed by atoms with Gasteiger partial charge in [-0.2, -0.15) is 0 Å². The molecule has 0 fully saturated rings. The van der Waals surface area contributed by atoms with Crippen LogP contribution in [0.4, 0.5) is 5.69 Å². The first-order valence-electron chi connectivity index (χ1n) is 8.87. The molecule has 0 aliphatic carbocycles. The Morgan fingerprint density at radius 1 is 1.07 bits per heavy atom. The van der Waals surface area contributed by atoms with Gasteiger partial charge < -0.3 is 15.4 Å². The molecule has 28 heavy (non-hydrogen) atoms. The summed E-state index contributed by atoms with van der Waals surface area (Å²) >= 11 is 8.62.